The quantitative estimate of drug-likeness (QED) is 0.504. The van der Waals surface area contributed by atoms with Crippen molar-refractivity contribution in [3.8, 4) is 0 Å². The Bertz CT molecular complexity index is 349. The molecule has 4 nitrogen and oxygen atoms in total. The van der Waals surface area contributed by atoms with Crippen LogP contribution in [0.25, 0.3) is 0 Å². The second-order valence-corrected chi connectivity index (χ2v) is 6.81. The minimum absolute atomic E-state index is 0.114. The maximum Gasteiger partial charge on any atom is 0.226 e. The zero-order chi connectivity index (χ0) is 13.2. The molecule has 0 aromatic rings. The lowest BCUT2D eigenvalue weighted by molar-refractivity contribution is -0.130. The van der Waals surface area contributed by atoms with E-state index >= 15 is 0 Å². The summed E-state index contributed by atoms with van der Waals surface area (Å²) in [6, 6.07) is 0. The number of unbranched alkanes of at least 4 members (excludes halogenated alkanes) is 1. The molecule has 0 aromatic heterocycles. The predicted octanol–water partition coefficient (Wildman–Crippen LogP) is 1.39. The normalized spacial score (nSPS) is 33.6. The summed E-state index contributed by atoms with van der Waals surface area (Å²) < 4.78 is 0.114. The van der Waals surface area contributed by atoms with Crippen molar-refractivity contribution in [2.75, 3.05) is 6.54 Å². The third kappa shape index (κ3) is 2.82. The first-order valence-corrected chi connectivity index (χ1v) is 7.20. The summed E-state index contributed by atoms with van der Waals surface area (Å²) in [5.74, 6) is -0.0821. The first-order valence-electron chi connectivity index (χ1n) is 6.75. The Morgan fingerprint density at radius 1 is 1.17 bits per heavy atom. The summed E-state index contributed by atoms with van der Waals surface area (Å²) in [6.45, 7) is 0.646. The Labute approximate surface area is 113 Å². The van der Waals surface area contributed by atoms with Gasteiger partial charge in [-0.1, -0.05) is 0 Å². The maximum atomic E-state index is 12.2. The van der Waals surface area contributed by atoms with Gasteiger partial charge in [-0.2, -0.15) is 12.6 Å². The Balaban J connectivity index is 1.71. The van der Waals surface area contributed by atoms with E-state index < -0.39 is 0 Å². The lowest BCUT2D eigenvalue weighted by Crippen LogP contribution is -2.38. The number of primary amides is 1. The fourth-order valence-corrected chi connectivity index (χ4v) is 3.82. The molecule has 2 rings (SSSR count). The largest absolute Gasteiger partial charge is 0.370 e. The standard InChI is InChI=1S/C13H22N2O2S/c14-10(16)3-1-2-8-15-11(17)12-4-6-13(18,9-12)7-5-12/h18H,1-9H2,(H2,14,16)(H,15,17). The molecule has 2 aliphatic rings. The highest BCUT2D eigenvalue weighted by molar-refractivity contribution is 7.81. The van der Waals surface area contributed by atoms with Crippen LogP contribution in [0.4, 0.5) is 0 Å². The molecule has 2 aliphatic carbocycles. The van der Waals surface area contributed by atoms with Crippen molar-refractivity contribution in [2.24, 2.45) is 11.1 Å². The average Bonchev–Trinajstić information content (AvgIpc) is 2.82. The molecule has 3 N–H and O–H groups in total. The molecular weight excluding hydrogens is 248 g/mol. The molecule has 0 aliphatic heterocycles. The molecule has 18 heavy (non-hydrogen) atoms. The minimum Gasteiger partial charge on any atom is -0.370 e. The van der Waals surface area contributed by atoms with Gasteiger partial charge >= 0.3 is 0 Å². The van der Waals surface area contributed by atoms with E-state index in [-0.39, 0.29) is 22.0 Å². The fourth-order valence-electron chi connectivity index (χ4n) is 3.30. The van der Waals surface area contributed by atoms with Gasteiger partial charge in [0.2, 0.25) is 11.8 Å². The lowest BCUT2D eigenvalue weighted by atomic mass is 9.83. The number of rotatable bonds is 6. The SMILES string of the molecule is NC(=O)CCCCNC(=O)C12CCC(S)(CC1)C2. The van der Waals surface area contributed by atoms with Gasteiger partial charge in [0.15, 0.2) is 0 Å². The maximum absolute atomic E-state index is 12.2. The Hall–Kier alpha value is -0.710. The number of nitrogens with one attached hydrogen (secondary N) is 1. The van der Waals surface area contributed by atoms with Gasteiger partial charge in [-0.05, 0) is 44.9 Å². The van der Waals surface area contributed by atoms with Crippen LogP contribution in [0.5, 0.6) is 0 Å². The molecule has 2 amide bonds. The number of carbonyl (C=O) groups excluding carboxylic acids is 2. The lowest BCUT2D eigenvalue weighted by Gasteiger charge is -2.25. The van der Waals surface area contributed by atoms with Crippen molar-refractivity contribution in [1.82, 2.24) is 5.32 Å². The van der Waals surface area contributed by atoms with Crippen LogP contribution in [-0.4, -0.2) is 23.1 Å². The van der Waals surface area contributed by atoms with Crippen molar-refractivity contribution in [3.05, 3.63) is 0 Å². The van der Waals surface area contributed by atoms with E-state index in [9.17, 15) is 9.59 Å². The zero-order valence-corrected chi connectivity index (χ0v) is 11.6. The number of nitrogens with two attached hydrogens (primary N) is 1. The van der Waals surface area contributed by atoms with E-state index in [2.05, 4.69) is 17.9 Å². The van der Waals surface area contributed by atoms with Crippen molar-refractivity contribution >= 4 is 24.4 Å². The van der Waals surface area contributed by atoms with E-state index in [1.54, 1.807) is 0 Å². The molecule has 0 aromatic carbocycles. The molecule has 0 saturated heterocycles. The number of carbonyl (C=O) groups is 2. The number of hydrogen-bond donors (Lipinski definition) is 3. The van der Waals surface area contributed by atoms with Crippen molar-refractivity contribution in [2.45, 2.75) is 56.1 Å². The van der Waals surface area contributed by atoms with Crippen LogP contribution in [0.2, 0.25) is 0 Å². The molecule has 0 spiro atoms. The highest BCUT2D eigenvalue weighted by Gasteiger charge is 2.56. The third-order valence-electron chi connectivity index (χ3n) is 4.42. The average molecular weight is 270 g/mol. The second kappa shape index (κ2) is 5.11. The number of thiol groups is 1. The van der Waals surface area contributed by atoms with E-state index in [0.717, 1.165) is 44.9 Å². The smallest absolute Gasteiger partial charge is 0.226 e. The predicted molar refractivity (Wildman–Crippen MR) is 73.3 cm³/mol. The summed E-state index contributed by atoms with van der Waals surface area (Å²) in [6.07, 6.45) is 6.97. The summed E-state index contributed by atoms with van der Waals surface area (Å²) in [5.41, 5.74) is 4.91. The van der Waals surface area contributed by atoms with Gasteiger partial charge < -0.3 is 11.1 Å². The molecule has 0 unspecified atom stereocenters. The number of hydrogen-bond acceptors (Lipinski definition) is 3. The van der Waals surface area contributed by atoms with Gasteiger partial charge in [-0.15, -0.1) is 0 Å². The van der Waals surface area contributed by atoms with Gasteiger partial charge in [0, 0.05) is 17.7 Å². The monoisotopic (exact) mass is 270 g/mol. The zero-order valence-electron chi connectivity index (χ0n) is 10.7. The molecule has 5 heteroatoms. The highest BCUT2D eigenvalue weighted by Crippen LogP contribution is 2.59. The van der Waals surface area contributed by atoms with Crippen LogP contribution in [0, 0.1) is 5.41 Å². The molecular formula is C13H22N2O2S. The van der Waals surface area contributed by atoms with Crippen LogP contribution in [0.15, 0.2) is 0 Å². The summed E-state index contributed by atoms with van der Waals surface area (Å²) >= 11 is 4.69. The van der Waals surface area contributed by atoms with Crippen molar-refractivity contribution in [3.63, 3.8) is 0 Å². The molecule has 0 atom stereocenters. The summed E-state index contributed by atoms with van der Waals surface area (Å²) in [7, 11) is 0. The topological polar surface area (TPSA) is 72.2 Å². The van der Waals surface area contributed by atoms with Crippen LogP contribution in [0.1, 0.15) is 51.4 Å². The van der Waals surface area contributed by atoms with Gasteiger partial charge in [-0.3, -0.25) is 9.59 Å². The minimum atomic E-state index is -0.272. The van der Waals surface area contributed by atoms with E-state index in [1.807, 2.05) is 0 Å². The molecule has 2 bridgehead atoms. The number of fused-ring (bicyclic) bond motifs is 2. The highest BCUT2D eigenvalue weighted by atomic mass is 32.1. The van der Waals surface area contributed by atoms with Crippen molar-refractivity contribution < 1.29 is 9.59 Å². The van der Waals surface area contributed by atoms with Crippen LogP contribution in [0.3, 0.4) is 0 Å². The van der Waals surface area contributed by atoms with E-state index in [4.69, 9.17) is 5.73 Å². The van der Waals surface area contributed by atoms with Gasteiger partial charge in [0.25, 0.3) is 0 Å². The molecule has 2 saturated carbocycles. The first-order chi connectivity index (χ1) is 8.46. The van der Waals surface area contributed by atoms with E-state index in [0.29, 0.717) is 13.0 Å². The molecule has 0 radical (unpaired) electrons. The summed E-state index contributed by atoms with van der Waals surface area (Å²) in [4.78, 5) is 22.8. The van der Waals surface area contributed by atoms with Crippen LogP contribution < -0.4 is 11.1 Å². The second-order valence-electron chi connectivity index (χ2n) is 5.86. The molecule has 0 heterocycles. The van der Waals surface area contributed by atoms with Crippen LogP contribution >= 0.6 is 12.6 Å². The van der Waals surface area contributed by atoms with Gasteiger partial charge in [-0.25, -0.2) is 0 Å². The summed E-state index contributed by atoms with van der Waals surface area (Å²) in [5, 5.41) is 3.01. The number of amides is 2. The Kier molecular flexibility index (Phi) is 3.90. The van der Waals surface area contributed by atoms with Gasteiger partial charge in [0.05, 0.1) is 5.41 Å². The van der Waals surface area contributed by atoms with E-state index in [1.165, 1.54) is 0 Å². The molecule has 102 valence electrons. The Morgan fingerprint density at radius 3 is 2.33 bits per heavy atom. The molecule has 2 fully saturated rings. The Morgan fingerprint density at radius 2 is 1.83 bits per heavy atom. The van der Waals surface area contributed by atoms with Gasteiger partial charge in [0.1, 0.15) is 0 Å². The third-order valence-corrected chi connectivity index (χ3v) is 5.03. The van der Waals surface area contributed by atoms with Crippen LogP contribution in [-0.2, 0) is 9.59 Å². The first kappa shape index (κ1) is 13.7. The fraction of sp³-hybridized carbons (Fsp3) is 0.846. The van der Waals surface area contributed by atoms with Crippen molar-refractivity contribution in [1.29, 1.82) is 0 Å².